The van der Waals surface area contributed by atoms with E-state index in [1.54, 1.807) is 11.1 Å². The first kappa shape index (κ1) is 33.2. The number of hydrogen-bond donors (Lipinski definition) is 0. The summed E-state index contributed by atoms with van der Waals surface area (Å²) in [7, 11) is 0. The van der Waals surface area contributed by atoms with Gasteiger partial charge in [0.05, 0.1) is 0 Å². The molecule has 0 bridgehead atoms. The Morgan fingerprint density at radius 1 is 0.614 bits per heavy atom. The largest absolute Gasteiger partial charge is 1.00 e. The smallest absolute Gasteiger partial charge is 1.00 e. The molecule has 2 atom stereocenters. The zero-order valence-corrected chi connectivity index (χ0v) is 31.1. The van der Waals surface area contributed by atoms with Crippen molar-refractivity contribution < 1.29 is 45.1 Å². The van der Waals surface area contributed by atoms with Gasteiger partial charge >= 0.3 is 259 Å². The van der Waals surface area contributed by atoms with Crippen LogP contribution in [0.25, 0.3) is 33.4 Å². The van der Waals surface area contributed by atoms with Crippen LogP contribution in [0.5, 0.6) is 0 Å². The Kier molecular flexibility index (Phi) is 8.96. The Bertz CT molecular complexity index is 1650. The molecular weight excluding hydrogens is 655 g/mol. The van der Waals surface area contributed by atoms with Gasteiger partial charge in [0.25, 0.3) is 0 Å². The Morgan fingerprint density at radius 3 is 1.39 bits per heavy atom. The molecule has 44 heavy (non-hydrogen) atoms. The zero-order chi connectivity index (χ0) is 29.4. The minimum atomic E-state index is -2.77. The van der Waals surface area contributed by atoms with Crippen molar-refractivity contribution in [2.45, 2.75) is 77.1 Å². The zero-order valence-electron chi connectivity index (χ0n) is 27.1. The normalized spacial score (nSPS) is 18.9. The van der Waals surface area contributed by atoms with Crippen LogP contribution in [0.2, 0.25) is 7.75 Å². The van der Waals surface area contributed by atoms with Gasteiger partial charge in [0.15, 0.2) is 0 Å². The van der Waals surface area contributed by atoms with Gasteiger partial charge in [-0.1, -0.05) is 0 Å². The average molecular weight is 699 g/mol. The van der Waals surface area contributed by atoms with E-state index in [0.29, 0.717) is 3.63 Å². The van der Waals surface area contributed by atoms with Crippen LogP contribution < -0.4 is 24.8 Å². The molecule has 0 spiro atoms. The van der Waals surface area contributed by atoms with E-state index in [1.165, 1.54) is 55.1 Å². The number of fused-ring (bicyclic) bond motifs is 3. The second kappa shape index (κ2) is 11.9. The average Bonchev–Trinajstić information content (AvgIpc) is 3.30. The van der Waals surface area contributed by atoms with Crippen LogP contribution in [0.15, 0.2) is 106 Å². The van der Waals surface area contributed by atoms with Crippen molar-refractivity contribution in [2.24, 2.45) is 0 Å². The van der Waals surface area contributed by atoms with E-state index in [4.69, 9.17) is 0 Å². The van der Waals surface area contributed by atoms with Gasteiger partial charge < -0.3 is 24.8 Å². The fourth-order valence-corrected chi connectivity index (χ4v) is 24.7. The van der Waals surface area contributed by atoms with E-state index in [-0.39, 0.29) is 35.6 Å². The van der Waals surface area contributed by atoms with Gasteiger partial charge in [-0.2, -0.15) is 0 Å². The van der Waals surface area contributed by atoms with Crippen LogP contribution in [-0.4, -0.2) is 0 Å². The van der Waals surface area contributed by atoms with Crippen LogP contribution in [-0.2, 0) is 31.1 Å². The van der Waals surface area contributed by atoms with Crippen LogP contribution in [0.4, 0.5) is 0 Å². The molecule has 0 N–H and O–H groups in total. The number of halogens is 2. The quantitative estimate of drug-likeness (QED) is 0.248. The van der Waals surface area contributed by atoms with E-state index in [0.717, 1.165) is 3.63 Å². The molecule has 7 rings (SSSR count). The van der Waals surface area contributed by atoms with Gasteiger partial charge in [-0.25, -0.2) is 0 Å². The van der Waals surface area contributed by atoms with Crippen molar-refractivity contribution in [3.05, 3.63) is 129 Å². The summed E-state index contributed by atoms with van der Waals surface area (Å²) in [6.07, 6.45) is 8.46. The Labute approximate surface area is 282 Å². The van der Waals surface area contributed by atoms with E-state index in [2.05, 4.69) is 152 Å². The molecule has 226 valence electrons. The predicted octanol–water partition coefficient (Wildman–Crippen LogP) is 5.93. The Hall–Kier alpha value is -2.18. The second-order valence-corrected chi connectivity index (χ2v) is 26.6. The summed E-state index contributed by atoms with van der Waals surface area (Å²) in [4.78, 5) is 0. The third-order valence-electron chi connectivity index (χ3n) is 10.3. The topological polar surface area (TPSA) is 0 Å². The first-order valence-electron chi connectivity index (χ1n) is 15.8. The first-order valence-corrected chi connectivity index (χ1v) is 21.6. The maximum absolute atomic E-state index is 2.77. The van der Waals surface area contributed by atoms with Crippen molar-refractivity contribution >= 4 is 0 Å². The molecule has 1 saturated heterocycles. The van der Waals surface area contributed by atoms with Crippen molar-refractivity contribution in [1.29, 1.82) is 0 Å². The molecule has 1 aliphatic heterocycles. The summed E-state index contributed by atoms with van der Waals surface area (Å²) in [5, 5.41) is 0. The molecular formula is C41H44Cl2Zr. The molecule has 3 aliphatic rings. The van der Waals surface area contributed by atoms with Crippen molar-refractivity contribution in [2.75, 3.05) is 0 Å². The molecule has 3 heteroatoms. The Balaban J connectivity index is 0.00000192. The Morgan fingerprint density at radius 2 is 1.05 bits per heavy atom. The van der Waals surface area contributed by atoms with Gasteiger partial charge in [0.1, 0.15) is 0 Å². The summed E-state index contributed by atoms with van der Waals surface area (Å²) in [5.74, 6) is 0. The van der Waals surface area contributed by atoms with Crippen LogP contribution in [0, 0.1) is 0 Å². The predicted molar refractivity (Wildman–Crippen MR) is 178 cm³/mol. The van der Waals surface area contributed by atoms with Crippen LogP contribution in [0.3, 0.4) is 0 Å². The maximum atomic E-state index is 2.65. The van der Waals surface area contributed by atoms with Gasteiger partial charge in [0, 0.05) is 0 Å². The minimum absolute atomic E-state index is 0. The SMILES string of the molecule is C[CH]1[CH2][Zr+2]1([C]1=CC=CC1)[CH]1c2cc(-c3ccccc3)c(C(C)(C)C)cc2-c2cc(C(C)(C)C)c(-c3ccccc3)cc21.[Cl-].[Cl-]. The summed E-state index contributed by atoms with van der Waals surface area (Å²) in [6, 6.07) is 32.8. The number of allylic oxidation sites excluding steroid dienone is 4. The fourth-order valence-electron chi connectivity index (χ4n) is 8.13. The fraction of sp³-hybridized carbons (Fsp3) is 0.317. The summed E-state index contributed by atoms with van der Waals surface area (Å²) in [5.41, 5.74) is 14.8. The van der Waals surface area contributed by atoms with E-state index in [1.807, 2.05) is 3.28 Å². The maximum Gasteiger partial charge on any atom is -1.00 e. The summed E-state index contributed by atoms with van der Waals surface area (Å²) >= 11 is -2.77. The van der Waals surface area contributed by atoms with Crippen molar-refractivity contribution in [3.8, 4) is 33.4 Å². The first-order chi connectivity index (χ1) is 20.0. The molecule has 0 amide bonds. The molecule has 0 nitrogen and oxygen atoms in total. The summed E-state index contributed by atoms with van der Waals surface area (Å²) in [6.45, 7) is 16.9. The molecule has 1 fully saturated rings. The number of benzene rings is 4. The van der Waals surface area contributed by atoms with Gasteiger partial charge in [-0.05, 0) is 0 Å². The molecule has 0 saturated carbocycles. The minimum Gasteiger partial charge on any atom is -1.00 e. The van der Waals surface area contributed by atoms with Gasteiger partial charge in [0.2, 0.25) is 0 Å². The molecule has 1 heterocycles. The second-order valence-electron chi connectivity index (χ2n) is 15.1. The van der Waals surface area contributed by atoms with Crippen molar-refractivity contribution in [3.63, 3.8) is 0 Å². The third kappa shape index (κ3) is 5.36. The monoisotopic (exact) mass is 696 g/mol. The van der Waals surface area contributed by atoms with E-state index < -0.39 is 20.3 Å². The summed E-state index contributed by atoms with van der Waals surface area (Å²) < 4.78 is 4.75. The van der Waals surface area contributed by atoms with Gasteiger partial charge in [-0.15, -0.1) is 0 Å². The van der Waals surface area contributed by atoms with Crippen LogP contribution in [0.1, 0.15) is 80.8 Å². The third-order valence-corrected chi connectivity index (χ3v) is 24.9. The molecule has 4 aromatic carbocycles. The number of rotatable bonds is 4. The molecule has 2 aliphatic carbocycles. The van der Waals surface area contributed by atoms with E-state index in [9.17, 15) is 0 Å². The molecule has 4 aromatic rings. The molecule has 0 aromatic heterocycles. The number of hydrogen-bond acceptors (Lipinski definition) is 0. The molecule has 0 radical (unpaired) electrons. The molecule has 2 unspecified atom stereocenters. The van der Waals surface area contributed by atoms with Crippen LogP contribution >= 0.6 is 0 Å². The van der Waals surface area contributed by atoms with Crippen molar-refractivity contribution in [1.82, 2.24) is 0 Å². The standard InChI is InChI=1S/C33H33.C5H5.C3H6.2ClH.Zr/c1-32(2,3)30-20-26-24(18-28(30)22-13-9-7-10-14-22)17-25-19-29(23-15-11-8-12-16-23)31(21-27(25)26)33(4,5)6;1-2-4-5-3-1;1-3-2;;;/h7-21H,1-6H3;1-3H,4H2;3H,1H2,2H3;2*1H;/q;;;;;+2/p-2. The van der Waals surface area contributed by atoms with Gasteiger partial charge in [-0.3, -0.25) is 0 Å². The van der Waals surface area contributed by atoms with E-state index >= 15 is 0 Å².